The van der Waals surface area contributed by atoms with Crippen molar-refractivity contribution >= 4 is 0 Å². The molecule has 0 amide bonds. The molecule has 1 nitrogen and oxygen atoms in total. The van der Waals surface area contributed by atoms with Crippen molar-refractivity contribution in [3.05, 3.63) is 0 Å². The third-order valence-electron chi connectivity index (χ3n) is 1.83. The lowest BCUT2D eigenvalue weighted by Crippen LogP contribution is -2.35. The van der Waals surface area contributed by atoms with Gasteiger partial charge in [-0.2, -0.15) is 0 Å². The highest BCUT2D eigenvalue weighted by Gasteiger charge is 2.27. The molecular weight excluding hydrogens is 148 g/mol. The fourth-order valence-electron chi connectivity index (χ4n) is 1.30. The molecule has 0 N–H and O–H groups in total. The van der Waals surface area contributed by atoms with Crippen molar-refractivity contribution in [3.63, 3.8) is 0 Å². The maximum absolute atomic E-state index is 5.95. The van der Waals surface area contributed by atoms with Gasteiger partial charge in [0.15, 0.2) is 0 Å². The van der Waals surface area contributed by atoms with Gasteiger partial charge in [-0.05, 0) is 32.6 Å². The fraction of sp³-hybridized carbons (Fsp3) is 1.00. The molecule has 1 unspecified atom stereocenters. The van der Waals surface area contributed by atoms with E-state index in [0.717, 1.165) is 6.42 Å². The average molecular weight is 172 g/mol. The Kier molecular flexibility index (Phi) is 3.77. The van der Waals surface area contributed by atoms with E-state index < -0.39 is 0 Å². The minimum Gasteiger partial charge on any atom is -0.372 e. The van der Waals surface area contributed by atoms with E-state index >= 15 is 0 Å². The molecule has 0 saturated heterocycles. The van der Waals surface area contributed by atoms with Gasteiger partial charge in [0.05, 0.1) is 11.7 Å². The van der Waals surface area contributed by atoms with Gasteiger partial charge in [-0.25, -0.2) is 0 Å². The molecule has 0 aliphatic heterocycles. The van der Waals surface area contributed by atoms with Crippen LogP contribution in [0.1, 0.15) is 54.9 Å². The Bertz CT molecular complexity index is 125. The molecule has 0 aromatic rings. The van der Waals surface area contributed by atoms with Crippen molar-refractivity contribution in [1.82, 2.24) is 0 Å². The van der Waals surface area contributed by atoms with Crippen LogP contribution in [0, 0.1) is 5.41 Å². The minimum atomic E-state index is -0.0199. The Morgan fingerprint density at radius 2 is 1.42 bits per heavy atom. The van der Waals surface area contributed by atoms with E-state index in [0.29, 0.717) is 6.10 Å². The molecule has 12 heavy (non-hydrogen) atoms. The van der Waals surface area contributed by atoms with Gasteiger partial charge in [0, 0.05) is 0 Å². The van der Waals surface area contributed by atoms with Crippen LogP contribution in [0.25, 0.3) is 0 Å². The van der Waals surface area contributed by atoms with E-state index in [1.807, 2.05) is 0 Å². The third kappa shape index (κ3) is 4.76. The van der Waals surface area contributed by atoms with Crippen molar-refractivity contribution in [2.45, 2.75) is 66.6 Å². The van der Waals surface area contributed by atoms with E-state index in [9.17, 15) is 0 Å². The first-order chi connectivity index (χ1) is 5.17. The summed E-state index contributed by atoms with van der Waals surface area (Å²) in [6.07, 6.45) is 1.44. The van der Waals surface area contributed by atoms with Crippen molar-refractivity contribution in [1.29, 1.82) is 0 Å². The lowest BCUT2D eigenvalue weighted by Gasteiger charge is -2.35. The summed E-state index contributed by atoms with van der Waals surface area (Å²) >= 11 is 0. The first-order valence-electron chi connectivity index (χ1n) is 4.84. The van der Waals surface area contributed by atoms with E-state index in [-0.39, 0.29) is 11.0 Å². The Hall–Kier alpha value is -0.0400. The summed E-state index contributed by atoms with van der Waals surface area (Å²) in [7, 11) is 0. The van der Waals surface area contributed by atoms with Crippen LogP contribution < -0.4 is 0 Å². The molecule has 74 valence electrons. The molecular formula is C11H24O. The first kappa shape index (κ1) is 12.0. The lowest BCUT2D eigenvalue weighted by atomic mass is 9.87. The van der Waals surface area contributed by atoms with Gasteiger partial charge in [0.2, 0.25) is 0 Å². The topological polar surface area (TPSA) is 9.23 Å². The highest BCUT2D eigenvalue weighted by Crippen LogP contribution is 2.28. The zero-order valence-electron chi connectivity index (χ0n) is 9.69. The summed E-state index contributed by atoms with van der Waals surface area (Å²) in [6, 6.07) is 0. The molecule has 0 aromatic carbocycles. The Labute approximate surface area is 77.5 Å². The summed E-state index contributed by atoms with van der Waals surface area (Å²) < 4.78 is 5.95. The van der Waals surface area contributed by atoms with Crippen LogP contribution in [0.5, 0.6) is 0 Å². The molecule has 0 heterocycles. The molecule has 1 heteroatoms. The Balaban J connectivity index is 4.20. The fourth-order valence-corrected chi connectivity index (χ4v) is 1.30. The van der Waals surface area contributed by atoms with Crippen LogP contribution in [0.4, 0.5) is 0 Å². The zero-order valence-corrected chi connectivity index (χ0v) is 9.69. The summed E-state index contributed by atoms with van der Waals surface area (Å²) in [5, 5.41) is 0. The summed E-state index contributed by atoms with van der Waals surface area (Å²) in [6.45, 7) is 15.2. The zero-order chi connectivity index (χ0) is 9.99. The maximum Gasteiger partial charge on any atom is 0.0627 e. The number of rotatable bonds is 2. The van der Waals surface area contributed by atoms with Crippen molar-refractivity contribution < 1.29 is 4.74 Å². The van der Waals surface area contributed by atoms with Crippen LogP contribution in [0.15, 0.2) is 0 Å². The molecule has 0 spiro atoms. The van der Waals surface area contributed by atoms with Crippen LogP contribution >= 0.6 is 0 Å². The highest BCUT2D eigenvalue weighted by molar-refractivity contribution is 4.76. The number of ether oxygens (including phenoxy) is 1. The molecule has 0 aliphatic carbocycles. The third-order valence-corrected chi connectivity index (χ3v) is 1.83. The van der Waals surface area contributed by atoms with Crippen LogP contribution in [-0.4, -0.2) is 11.7 Å². The van der Waals surface area contributed by atoms with E-state index in [2.05, 4.69) is 48.5 Å². The smallest absolute Gasteiger partial charge is 0.0627 e. The standard InChI is InChI=1S/C11H24O/c1-8-9(10(2,3)4)12-11(5,6)7/h9H,8H2,1-7H3. The van der Waals surface area contributed by atoms with Crippen molar-refractivity contribution in [2.24, 2.45) is 5.41 Å². The minimum absolute atomic E-state index is 0.0199. The van der Waals surface area contributed by atoms with Gasteiger partial charge in [0.25, 0.3) is 0 Å². The lowest BCUT2D eigenvalue weighted by molar-refractivity contribution is -0.105. The van der Waals surface area contributed by atoms with E-state index in [4.69, 9.17) is 4.74 Å². The number of hydrogen-bond acceptors (Lipinski definition) is 1. The van der Waals surface area contributed by atoms with Crippen LogP contribution in [0.2, 0.25) is 0 Å². The van der Waals surface area contributed by atoms with Crippen molar-refractivity contribution in [3.8, 4) is 0 Å². The van der Waals surface area contributed by atoms with Gasteiger partial charge in [-0.1, -0.05) is 27.7 Å². The molecule has 0 fully saturated rings. The molecule has 0 aromatic heterocycles. The maximum atomic E-state index is 5.95. The summed E-state index contributed by atoms with van der Waals surface area (Å²) in [5.41, 5.74) is 0.232. The molecule has 0 rings (SSSR count). The molecule has 0 aliphatic rings. The second-order valence-corrected chi connectivity index (χ2v) is 5.49. The van der Waals surface area contributed by atoms with Gasteiger partial charge >= 0.3 is 0 Å². The summed E-state index contributed by atoms with van der Waals surface area (Å²) in [4.78, 5) is 0. The molecule has 0 radical (unpaired) electrons. The second kappa shape index (κ2) is 3.78. The average Bonchev–Trinajstić information content (AvgIpc) is 1.78. The number of hydrogen-bond donors (Lipinski definition) is 0. The van der Waals surface area contributed by atoms with E-state index in [1.54, 1.807) is 0 Å². The molecule has 1 atom stereocenters. The van der Waals surface area contributed by atoms with Gasteiger partial charge in [-0.3, -0.25) is 0 Å². The van der Waals surface area contributed by atoms with Gasteiger partial charge in [-0.15, -0.1) is 0 Å². The van der Waals surface area contributed by atoms with Gasteiger partial charge < -0.3 is 4.74 Å². The SMILES string of the molecule is CCC(OC(C)(C)C)C(C)(C)C. The Morgan fingerprint density at radius 3 is 1.50 bits per heavy atom. The quantitative estimate of drug-likeness (QED) is 0.618. The normalized spacial score (nSPS) is 16.2. The predicted molar refractivity (Wildman–Crippen MR) is 54.4 cm³/mol. The van der Waals surface area contributed by atoms with Crippen LogP contribution in [-0.2, 0) is 4.74 Å². The predicted octanol–water partition coefficient (Wildman–Crippen LogP) is 3.63. The first-order valence-corrected chi connectivity index (χ1v) is 4.84. The van der Waals surface area contributed by atoms with Crippen molar-refractivity contribution in [2.75, 3.05) is 0 Å². The molecule has 0 bridgehead atoms. The second-order valence-electron chi connectivity index (χ2n) is 5.49. The van der Waals surface area contributed by atoms with E-state index in [1.165, 1.54) is 0 Å². The van der Waals surface area contributed by atoms with Crippen LogP contribution in [0.3, 0.4) is 0 Å². The van der Waals surface area contributed by atoms with Gasteiger partial charge in [0.1, 0.15) is 0 Å². The summed E-state index contributed by atoms with van der Waals surface area (Å²) in [5.74, 6) is 0. The molecule has 0 saturated carbocycles. The monoisotopic (exact) mass is 172 g/mol. The highest BCUT2D eigenvalue weighted by atomic mass is 16.5. The largest absolute Gasteiger partial charge is 0.372 e. The Morgan fingerprint density at radius 1 is 1.00 bits per heavy atom.